The van der Waals surface area contributed by atoms with Crippen LogP contribution in [0.3, 0.4) is 0 Å². The zero-order valence-electron chi connectivity index (χ0n) is 10.8. The number of carbonyl (C=O) groups is 1. The molecule has 0 aromatic heterocycles. The van der Waals surface area contributed by atoms with Gasteiger partial charge in [0.15, 0.2) is 0 Å². The molecule has 0 aliphatic heterocycles. The molecule has 0 N–H and O–H groups in total. The number of benzene rings is 1. The fourth-order valence-corrected chi connectivity index (χ4v) is 1.40. The number of methoxy groups -OCH3 is 1. The van der Waals surface area contributed by atoms with Gasteiger partial charge in [0.1, 0.15) is 11.4 Å². The molecule has 0 amide bonds. The fourth-order valence-electron chi connectivity index (χ4n) is 1.40. The summed E-state index contributed by atoms with van der Waals surface area (Å²) in [5.74, 6) is -0.669. The summed E-state index contributed by atoms with van der Waals surface area (Å²) in [4.78, 5) is 34.7. The Kier molecular flexibility index (Phi) is 4.87. The summed E-state index contributed by atoms with van der Waals surface area (Å²) in [6.45, 7) is 0. The van der Waals surface area contributed by atoms with Crippen molar-refractivity contribution in [3.63, 3.8) is 0 Å². The second-order valence-corrected chi connectivity index (χ2v) is 3.88. The maximum atomic E-state index is 11.4. The summed E-state index contributed by atoms with van der Waals surface area (Å²) in [6.07, 6.45) is 3.16. The summed E-state index contributed by atoms with van der Waals surface area (Å²) in [7, 11) is 4.76. The Labute approximate surface area is 109 Å². The molecule has 1 aromatic rings. The van der Waals surface area contributed by atoms with Crippen molar-refractivity contribution in [3.8, 4) is 0 Å². The van der Waals surface area contributed by atoms with Crippen LogP contribution in [0.2, 0.25) is 0 Å². The van der Waals surface area contributed by atoms with Gasteiger partial charge in [-0.3, -0.25) is 0 Å². The monoisotopic (exact) mass is 263 g/mol. The van der Waals surface area contributed by atoms with Crippen LogP contribution in [0.4, 0.5) is 11.4 Å². The van der Waals surface area contributed by atoms with Gasteiger partial charge >= 0.3 is 5.97 Å². The van der Waals surface area contributed by atoms with E-state index in [1.807, 2.05) is 0 Å². The van der Waals surface area contributed by atoms with Crippen LogP contribution >= 0.6 is 0 Å². The standard InChI is InChI=1S/C12H13N3O4/c1-15(2)5-4-9-10(13-17)6-8(12(16)19-3)7-11(9)14-18/h4-7H,1-3H3/b5-4+. The zero-order chi connectivity index (χ0) is 14.4. The normalized spacial score (nSPS) is 10.3. The van der Waals surface area contributed by atoms with Crippen molar-refractivity contribution >= 4 is 23.4 Å². The average Bonchev–Trinajstić information content (AvgIpc) is 2.42. The molecular weight excluding hydrogens is 250 g/mol. The van der Waals surface area contributed by atoms with Gasteiger partial charge in [0.25, 0.3) is 0 Å². The molecule has 0 aliphatic rings. The molecule has 0 atom stereocenters. The molecule has 0 bridgehead atoms. The molecule has 7 heteroatoms. The molecule has 1 aromatic carbocycles. The van der Waals surface area contributed by atoms with E-state index in [1.54, 1.807) is 25.2 Å². The number of hydrogen-bond acceptors (Lipinski definition) is 7. The molecule has 19 heavy (non-hydrogen) atoms. The Hall–Kier alpha value is -2.57. The Morgan fingerprint density at radius 2 is 1.74 bits per heavy atom. The minimum absolute atomic E-state index is 0.0457. The summed E-state index contributed by atoms with van der Waals surface area (Å²) in [6, 6.07) is 2.51. The molecule has 0 spiro atoms. The summed E-state index contributed by atoms with van der Waals surface area (Å²) in [5, 5.41) is 5.62. The number of nitroso groups, excluding NO2 is 2. The molecule has 0 saturated carbocycles. The fraction of sp³-hybridized carbons (Fsp3) is 0.250. The molecule has 100 valence electrons. The molecule has 0 fully saturated rings. The number of carbonyl (C=O) groups excluding carboxylic acids is 1. The van der Waals surface area contributed by atoms with Crippen LogP contribution in [0.5, 0.6) is 0 Å². The summed E-state index contributed by atoms with van der Waals surface area (Å²) >= 11 is 0. The van der Waals surface area contributed by atoms with Crippen LogP contribution in [0.25, 0.3) is 6.08 Å². The predicted octanol–water partition coefficient (Wildman–Crippen LogP) is 2.80. The number of nitrogens with zero attached hydrogens (tertiary/aromatic N) is 3. The minimum Gasteiger partial charge on any atom is -0.465 e. The molecular formula is C12H13N3O4. The highest BCUT2D eigenvalue weighted by Crippen LogP contribution is 2.32. The molecule has 0 heterocycles. The molecule has 1 rings (SSSR count). The van der Waals surface area contributed by atoms with E-state index in [2.05, 4.69) is 15.1 Å². The second kappa shape index (κ2) is 6.39. The van der Waals surface area contributed by atoms with Gasteiger partial charge in [0.2, 0.25) is 0 Å². The van der Waals surface area contributed by atoms with E-state index in [-0.39, 0.29) is 22.5 Å². The number of ether oxygens (including phenoxy) is 1. The van der Waals surface area contributed by atoms with Crippen molar-refractivity contribution in [2.75, 3.05) is 21.2 Å². The third kappa shape index (κ3) is 3.44. The van der Waals surface area contributed by atoms with Gasteiger partial charge in [-0.05, 0) is 34.8 Å². The highest BCUT2D eigenvalue weighted by Gasteiger charge is 2.15. The molecule has 0 saturated heterocycles. The van der Waals surface area contributed by atoms with Crippen molar-refractivity contribution < 1.29 is 9.53 Å². The van der Waals surface area contributed by atoms with E-state index >= 15 is 0 Å². The van der Waals surface area contributed by atoms with Gasteiger partial charge in [-0.1, -0.05) is 0 Å². The van der Waals surface area contributed by atoms with E-state index < -0.39 is 5.97 Å². The first kappa shape index (κ1) is 14.5. The lowest BCUT2D eigenvalue weighted by molar-refractivity contribution is 0.0601. The zero-order valence-corrected chi connectivity index (χ0v) is 10.8. The SMILES string of the molecule is COC(=O)c1cc(N=O)c(/C=C/N(C)C)c(N=O)c1. The topological polar surface area (TPSA) is 88.4 Å². The van der Waals surface area contributed by atoms with Crippen LogP contribution in [-0.2, 0) is 4.74 Å². The van der Waals surface area contributed by atoms with Gasteiger partial charge < -0.3 is 9.64 Å². The first-order chi connectivity index (χ1) is 9.03. The predicted molar refractivity (Wildman–Crippen MR) is 71.4 cm³/mol. The Morgan fingerprint density at radius 1 is 1.21 bits per heavy atom. The van der Waals surface area contributed by atoms with E-state index in [0.29, 0.717) is 0 Å². The maximum absolute atomic E-state index is 11.4. The summed E-state index contributed by atoms with van der Waals surface area (Å²) < 4.78 is 4.52. The van der Waals surface area contributed by atoms with Crippen LogP contribution in [0.1, 0.15) is 15.9 Å². The maximum Gasteiger partial charge on any atom is 0.338 e. The number of rotatable bonds is 5. The average molecular weight is 263 g/mol. The lowest BCUT2D eigenvalue weighted by Crippen LogP contribution is -2.02. The van der Waals surface area contributed by atoms with Gasteiger partial charge in [-0.2, -0.15) is 0 Å². The van der Waals surface area contributed by atoms with Crippen LogP contribution in [0.15, 0.2) is 28.7 Å². The van der Waals surface area contributed by atoms with Crippen molar-refractivity contribution in [2.45, 2.75) is 0 Å². The smallest absolute Gasteiger partial charge is 0.338 e. The molecule has 7 nitrogen and oxygen atoms in total. The van der Waals surface area contributed by atoms with Gasteiger partial charge in [-0.15, -0.1) is 9.81 Å². The third-order valence-electron chi connectivity index (χ3n) is 2.29. The largest absolute Gasteiger partial charge is 0.465 e. The Morgan fingerprint density at radius 3 is 2.11 bits per heavy atom. The van der Waals surface area contributed by atoms with E-state index in [9.17, 15) is 14.6 Å². The van der Waals surface area contributed by atoms with Crippen molar-refractivity contribution in [1.29, 1.82) is 0 Å². The number of esters is 1. The van der Waals surface area contributed by atoms with Crippen molar-refractivity contribution in [2.24, 2.45) is 10.4 Å². The summed E-state index contributed by atoms with van der Waals surface area (Å²) in [5.41, 5.74) is 0.214. The Bertz CT molecular complexity index is 509. The van der Waals surface area contributed by atoms with Crippen LogP contribution < -0.4 is 0 Å². The first-order valence-corrected chi connectivity index (χ1v) is 5.31. The van der Waals surface area contributed by atoms with Crippen molar-refractivity contribution in [1.82, 2.24) is 4.90 Å². The van der Waals surface area contributed by atoms with E-state index in [0.717, 1.165) is 0 Å². The molecule has 0 aliphatic carbocycles. The van der Waals surface area contributed by atoms with Crippen LogP contribution in [0, 0.1) is 9.81 Å². The first-order valence-electron chi connectivity index (χ1n) is 5.31. The molecule has 0 unspecified atom stereocenters. The third-order valence-corrected chi connectivity index (χ3v) is 2.29. The van der Waals surface area contributed by atoms with E-state index in [4.69, 9.17) is 0 Å². The lowest BCUT2D eigenvalue weighted by atomic mass is 10.1. The quantitative estimate of drug-likeness (QED) is 0.602. The second-order valence-electron chi connectivity index (χ2n) is 3.88. The highest BCUT2D eigenvalue weighted by molar-refractivity contribution is 5.93. The van der Waals surface area contributed by atoms with E-state index in [1.165, 1.54) is 25.3 Å². The van der Waals surface area contributed by atoms with Crippen LogP contribution in [-0.4, -0.2) is 32.1 Å². The Balaban J connectivity index is 3.41. The minimum atomic E-state index is -0.669. The van der Waals surface area contributed by atoms with Gasteiger partial charge in [0.05, 0.1) is 12.7 Å². The number of hydrogen-bond donors (Lipinski definition) is 0. The van der Waals surface area contributed by atoms with Gasteiger partial charge in [-0.25, -0.2) is 4.79 Å². The van der Waals surface area contributed by atoms with Gasteiger partial charge in [0, 0.05) is 19.7 Å². The van der Waals surface area contributed by atoms with Crippen molar-refractivity contribution in [3.05, 3.63) is 39.3 Å². The lowest BCUT2D eigenvalue weighted by Gasteiger charge is -2.07. The molecule has 0 radical (unpaired) electrons. The highest BCUT2D eigenvalue weighted by atomic mass is 16.5.